The lowest BCUT2D eigenvalue weighted by atomic mass is 9.47. The molecule has 4 aliphatic carbocycles. The van der Waals surface area contributed by atoms with Crippen LogP contribution in [-0.2, 0) is 9.53 Å². The molecule has 3 saturated carbocycles. The second-order valence-corrected chi connectivity index (χ2v) is 11.8. The Labute approximate surface area is 196 Å². The number of amides is 1. The van der Waals surface area contributed by atoms with Crippen LogP contribution in [0.5, 0.6) is 0 Å². The lowest BCUT2D eigenvalue weighted by Crippen LogP contribution is -2.50. The summed E-state index contributed by atoms with van der Waals surface area (Å²) in [7, 11) is 0. The zero-order valence-electron chi connectivity index (χ0n) is 20.8. The van der Waals surface area contributed by atoms with Crippen molar-refractivity contribution in [3.8, 4) is 12.3 Å². The summed E-state index contributed by atoms with van der Waals surface area (Å²) in [5, 5.41) is 2.98. The molecule has 178 valence electrons. The van der Waals surface area contributed by atoms with Gasteiger partial charge >= 0.3 is 0 Å². The molecule has 4 aliphatic rings. The van der Waals surface area contributed by atoms with Gasteiger partial charge in [0.1, 0.15) is 6.61 Å². The summed E-state index contributed by atoms with van der Waals surface area (Å²) in [4.78, 5) is 12.3. The normalized spacial score (nSPS) is 39.1. The quantitative estimate of drug-likeness (QED) is 0.280. The molecule has 0 aromatic carbocycles. The fourth-order valence-corrected chi connectivity index (χ4v) is 8.72. The number of rotatable bonds is 8. The van der Waals surface area contributed by atoms with Crippen molar-refractivity contribution in [3.05, 3.63) is 11.6 Å². The fourth-order valence-electron chi connectivity index (χ4n) is 8.72. The molecule has 7 atom stereocenters. The van der Waals surface area contributed by atoms with E-state index in [-0.39, 0.29) is 5.91 Å². The minimum Gasteiger partial charge on any atom is -0.367 e. The van der Waals surface area contributed by atoms with Crippen molar-refractivity contribution >= 4 is 5.91 Å². The zero-order chi connectivity index (χ0) is 22.8. The number of nitrogens with one attached hydrogen (secondary N) is 1. The Morgan fingerprint density at radius 3 is 2.91 bits per heavy atom. The number of terminal acetylenes is 1. The summed E-state index contributed by atoms with van der Waals surface area (Å²) in [5.74, 6) is 6.67. The van der Waals surface area contributed by atoms with Gasteiger partial charge in [0.05, 0.1) is 6.61 Å². The molecule has 0 unspecified atom stereocenters. The molecule has 3 fully saturated rings. The van der Waals surface area contributed by atoms with E-state index >= 15 is 0 Å². The Balaban J connectivity index is 1.33. The molecule has 1 N–H and O–H groups in total. The molecular weight excluding hydrogens is 394 g/mol. The summed E-state index contributed by atoms with van der Waals surface area (Å²) >= 11 is 0. The lowest BCUT2D eigenvalue weighted by Gasteiger charge is -2.58. The number of ether oxygens (including phenoxy) is 1. The van der Waals surface area contributed by atoms with Crippen LogP contribution in [-0.4, -0.2) is 25.7 Å². The molecule has 3 heteroatoms. The van der Waals surface area contributed by atoms with Gasteiger partial charge in [0.25, 0.3) is 0 Å². The highest BCUT2D eigenvalue weighted by atomic mass is 16.5. The lowest BCUT2D eigenvalue weighted by molar-refractivity contribution is -0.121. The summed E-state index contributed by atoms with van der Waals surface area (Å²) in [5.41, 5.74) is 2.78. The van der Waals surface area contributed by atoms with Crippen LogP contribution in [0, 0.1) is 52.8 Å². The van der Waals surface area contributed by atoms with Crippen LogP contribution in [0.15, 0.2) is 11.6 Å². The zero-order valence-corrected chi connectivity index (χ0v) is 20.8. The molecule has 0 aliphatic heterocycles. The van der Waals surface area contributed by atoms with Crippen LogP contribution in [0.2, 0.25) is 0 Å². The van der Waals surface area contributed by atoms with Crippen LogP contribution >= 0.6 is 0 Å². The van der Waals surface area contributed by atoms with Crippen molar-refractivity contribution in [1.82, 2.24) is 5.32 Å². The van der Waals surface area contributed by atoms with Gasteiger partial charge in [-0.1, -0.05) is 44.8 Å². The smallest absolute Gasteiger partial charge is 0.220 e. The topological polar surface area (TPSA) is 38.3 Å². The Morgan fingerprint density at radius 1 is 1.25 bits per heavy atom. The number of hydrogen-bond acceptors (Lipinski definition) is 2. The molecule has 0 heterocycles. The van der Waals surface area contributed by atoms with E-state index in [1.54, 1.807) is 0 Å². The van der Waals surface area contributed by atoms with Gasteiger partial charge in [0.15, 0.2) is 0 Å². The summed E-state index contributed by atoms with van der Waals surface area (Å²) in [6.07, 6.45) is 22.0. The van der Waals surface area contributed by atoms with Crippen molar-refractivity contribution in [2.24, 2.45) is 40.4 Å². The summed E-state index contributed by atoms with van der Waals surface area (Å²) in [6, 6.07) is 0. The van der Waals surface area contributed by atoms with Gasteiger partial charge in [0.2, 0.25) is 5.91 Å². The number of carbonyl (C=O) groups excluding carboxylic acids is 1. The average Bonchev–Trinajstić information content (AvgIpc) is 3.14. The molecule has 0 spiro atoms. The third-order valence-electron chi connectivity index (χ3n) is 10.4. The second kappa shape index (κ2) is 9.92. The molecule has 0 bridgehead atoms. The van der Waals surface area contributed by atoms with E-state index in [0.717, 1.165) is 30.1 Å². The van der Waals surface area contributed by atoms with E-state index < -0.39 is 0 Å². The van der Waals surface area contributed by atoms with Gasteiger partial charge in [-0.05, 0) is 98.2 Å². The number of carbonyl (C=O) groups is 1. The van der Waals surface area contributed by atoms with Gasteiger partial charge in [-0.25, -0.2) is 0 Å². The minimum absolute atomic E-state index is 0.153. The average molecular weight is 440 g/mol. The highest BCUT2D eigenvalue weighted by Crippen LogP contribution is 2.67. The Hall–Kier alpha value is -1.27. The van der Waals surface area contributed by atoms with Gasteiger partial charge in [-0.3, -0.25) is 4.79 Å². The number of hydrogen-bond donors (Lipinski definition) is 1. The number of allylic oxidation sites excluding steroid dienone is 2. The van der Waals surface area contributed by atoms with E-state index in [1.807, 2.05) is 5.57 Å². The molecular formula is C29H45NO2. The molecule has 0 aromatic rings. The van der Waals surface area contributed by atoms with Crippen LogP contribution in [0.1, 0.15) is 91.4 Å². The van der Waals surface area contributed by atoms with Crippen molar-refractivity contribution in [1.29, 1.82) is 0 Å². The van der Waals surface area contributed by atoms with Crippen LogP contribution in [0.3, 0.4) is 0 Å². The molecule has 0 aromatic heterocycles. The largest absolute Gasteiger partial charge is 0.367 e. The summed E-state index contributed by atoms with van der Waals surface area (Å²) < 4.78 is 5.24. The van der Waals surface area contributed by atoms with Gasteiger partial charge in [-0.2, -0.15) is 0 Å². The third kappa shape index (κ3) is 4.42. The van der Waals surface area contributed by atoms with Crippen molar-refractivity contribution < 1.29 is 9.53 Å². The maximum Gasteiger partial charge on any atom is 0.220 e. The highest BCUT2D eigenvalue weighted by molar-refractivity contribution is 5.75. The van der Waals surface area contributed by atoms with Crippen molar-refractivity contribution in [3.63, 3.8) is 0 Å². The highest BCUT2D eigenvalue weighted by Gasteiger charge is 2.58. The van der Waals surface area contributed by atoms with Crippen LogP contribution < -0.4 is 5.32 Å². The van der Waals surface area contributed by atoms with E-state index in [9.17, 15) is 4.79 Å². The predicted molar refractivity (Wildman–Crippen MR) is 131 cm³/mol. The maximum atomic E-state index is 12.3. The first-order valence-corrected chi connectivity index (χ1v) is 13.4. The maximum absolute atomic E-state index is 12.3. The number of fused-ring (bicyclic) bond motifs is 5. The fraction of sp³-hybridized carbons (Fsp3) is 0.828. The SMILES string of the molecule is C#CCOCCNC(=O)CC[C@@H](C)[C@H]1CC[C@H]2[C@@H]3CC=C4CCCC[C@]4(C)[C@H]3CC[C@]12C. The van der Waals surface area contributed by atoms with Gasteiger partial charge < -0.3 is 10.1 Å². The molecule has 3 nitrogen and oxygen atoms in total. The van der Waals surface area contributed by atoms with E-state index in [0.29, 0.717) is 42.9 Å². The van der Waals surface area contributed by atoms with Crippen LogP contribution in [0.4, 0.5) is 0 Å². The molecule has 1 amide bonds. The van der Waals surface area contributed by atoms with Gasteiger partial charge in [-0.15, -0.1) is 6.42 Å². The molecule has 0 saturated heterocycles. The van der Waals surface area contributed by atoms with E-state index in [4.69, 9.17) is 11.2 Å². The van der Waals surface area contributed by atoms with Crippen molar-refractivity contribution in [2.45, 2.75) is 91.4 Å². The minimum atomic E-state index is 0.153. The standard InChI is InChI=1S/C29H45NO2/c1-5-19-32-20-18-30-27(31)14-9-21(2)24-12-13-25-23-11-10-22-8-6-7-16-28(22,3)26(23)15-17-29(24,25)4/h1,10,21,23-26H,6-9,11-20H2,2-4H3,(H,30,31)/t21-,23+,24-,25+,26+,28+,29-/m1/s1. The monoisotopic (exact) mass is 439 g/mol. The first-order chi connectivity index (χ1) is 15.4. The summed E-state index contributed by atoms with van der Waals surface area (Å²) in [6.45, 7) is 9.00. The van der Waals surface area contributed by atoms with Gasteiger partial charge in [0, 0.05) is 13.0 Å². The first-order valence-electron chi connectivity index (χ1n) is 13.4. The first kappa shape index (κ1) is 23.9. The van der Waals surface area contributed by atoms with Crippen molar-refractivity contribution in [2.75, 3.05) is 19.8 Å². The molecule has 4 rings (SSSR count). The Bertz CT molecular complexity index is 751. The third-order valence-corrected chi connectivity index (χ3v) is 10.4. The molecule has 32 heavy (non-hydrogen) atoms. The van der Waals surface area contributed by atoms with Crippen LogP contribution in [0.25, 0.3) is 0 Å². The predicted octanol–water partition coefficient (Wildman–Crippen LogP) is 6.14. The van der Waals surface area contributed by atoms with E-state index in [1.165, 1.54) is 57.8 Å². The molecule has 0 radical (unpaired) electrons. The Morgan fingerprint density at radius 2 is 2.09 bits per heavy atom. The second-order valence-electron chi connectivity index (χ2n) is 11.8. The Kier molecular flexibility index (Phi) is 7.40. The van der Waals surface area contributed by atoms with E-state index in [2.05, 4.69) is 38.1 Å².